The van der Waals surface area contributed by atoms with Gasteiger partial charge in [-0.25, -0.2) is 0 Å². The van der Waals surface area contributed by atoms with Crippen LogP contribution in [-0.2, 0) is 6.42 Å². The first-order chi connectivity index (χ1) is 10.2. The van der Waals surface area contributed by atoms with E-state index in [9.17, 15) is 0 Å². The van der Waals surface area contributed by atoms with Crippen molar-refractivity contribution >= 4 is 0 Å². The molecule has 0 aromatic heterocycles. The highest BCUT2D eigenvalue weighted by atomic mass is 14.9. The first kappa shape index (κ1) is 15.1. The van der Waals surface area contributed by atoms with Gasteiger partial charge in [0.15, 0.2) is 0 Å². The number of fused-ring (bicyclic) bond motifs is 1. The fourth-order valence-electron chi connectivity index (χ4n) is 4.76. The Morgan fingerprint density at radius 2 is 1.67 bits per heavy atom. The predicted octanol–water partition coefficient (Wildman–Crippen LogP) is 4.65. The first-order valence-electron chi connectivity index (χ1n) is 8.99. The number of nitrogens with one attached hydrogen (secondary N) is 1. The standard InChI is InChI=1S/C20H31N/c1-4-9-21-19(20-17-7-5-6-8-18(17)20)13-16-11-14(2)10-15(3)12-16/h10-12,17-21H,4-9,13H2,1-3H3. The molecule has 1 nitrogen and oxygen atoms in total. The third kappa shape index (κ3) is 3.51. The van der Waals surface area contributed by atoms with E-state index in [-0.39, 0.29) is 0 Å². The number of benzene rings is 1. The average molecular weight is 285 g/mol. The van der Waals surface area contributed by atoms with Crippen molar-refractivity contribution in [2.45, 2.75) is 65.3 Å². The SMILES string of the molecule is CCCNC(Cc1cc(C)cc(C)c1)C1C2CCCCC21. The zero-order valence-corrected chi connectivity index (χ0v) is 14.0. The van der Waals surface area contributed by atoms with Gasteiger partial charge in [-0.2, -0.15) is 0 Å². The van der Waals surface area contributed by atoms with E-state index in [1.165, 1.54) is 61.8 Å². The van der Waals surface area contributed by atoms with Crippen LogP contribution in [0.5, 0.6) is 0 Å². The molecule has 1 aromatic rings. The Morgan fingerprint density at radius 3 is 2.24 bits per heavy atom. The average Bonchev–Trinajstić information content (AvgIpc) is 3.16. The highest BCUT2D eigenvalue weighted by molar-refractivity contribution is 5.29. The van der Waals surface area contributed by atoms with Crippen LogP contribution in [0, 0.1) is 31.6 Å². The molecule has 116 valence electrons. The van der Waals surface area contributed by atoms with Crippen LogP contribution in [0.3, 0.4) is 0 Å². The summed E-state index contributed by atoms with van der Waals surface area (Å²) in [5.41, 5.74) is 4.35. The Balaban J connectivity index is 1.70. The molecule has 2 fully saturated rings. The van der Waals surface area contributed by atoms with Crippen molar-refractivity contribution in [3.63, 3.8) is 0 Å². The molecule has 2 saturated carbocycles. The van der Waals surface area contributed by atoms with E-state index in [1.54, 1.807) is 0 Å². The maximum absolute atomic E-state index is 3.88. The minimum atomic E-state index is 0.708. The molecule has 3 atom stereocenters. The molecule has 3 unspecified atom stereocenters. The zero-order chi connectivity index (χ0) is 14.8. The summed E-state index contributed by atoms with van der Waals surface area (Å²) in [7, 11) is 0. The summed E-state index contributed by atoms with van der Waals surface area (Å²) in [6, 6.07) is 7.77. The van der Waals surface area contributed by atoms with Crippen molar-refractivity contribution in [2.24, 2.45) is 17.8 Å². The van der Waals surface area contributed by atoms with Crippen LogP contribution in [0.1, 0.15) is 55.7 Å². The molecule has 2 aliphatic rings. The molecule has 0 aliphatic heterocycles. The van der Waals surface area contributed by atoms with Crippen LogP contribution in [0.4, 0.5) is 0 Å². The molecule has 1 aromatic carbocycles. The summed E-state index contributed by atoms with van der Waals surface area (Å²) in [6.45, 7) is 7.90. The monoisotopic (exact) mass is 285 g/mol. The highest BCUT2D eigenvalue weighted by Gasteiger charge is 2.53. The highest BCUT2D eigenvalue weighted by Crippen LogP contribution is 2.57. The third-order valence-corrected chi connectivity index (χ3v) is 5.58. The fraction of sp³-hybridized carbons (Fsp3) is 0.700. The van der Waals surface area contributed by atoms with Crippen LogP contribution in [0.25, 0.3) is 0 Å². The van der Waals surface area contributed by atoms with Gasteiger partial charge in [-0.05, 0) is 69.4 Å². The normalized spacial score (nSPS) is 29.0. The summed E-state index contributed by atoms with van der Waals surface area (Å²) in [5, 5.41) is 3.88. The van der Waals surface area contributed by atoms with Crippen LogP contribution in [0.15, 0.2) is 18.2 Å². The smallest absolute Gasteiger partial charge is 0.0141 e. The molecule has 21 heavy (non-hydrogen) atoms. The summed E-state index contributed by atoms with van der Waals surface area (Å²) in [5.74, 6) is 3.04. The molecular formula is C20H31N. The van der Waals surface area contributed by atoms with Crippen LogP contribution < -0.4 is 5.32 Å². The third-order valence-electron chi connectivity index (χ3n) is 5.58. The van der Waals surface area contributed by atoms with Gasteiger partial charge in [0.25, 0.3) is 0 Å². The molecule has 0 heterocycles. The second-order valence-corrected chi connectivity index (χ2v) is 7.45. The van der Waals surface area contributed by atoms with Gasteiger partial charge in [0.2, 0.25) is 0 Å². The lowest BCUT2D eigenvalue weighted by molar-refractivity contribution is 0.428. The second-order valence-electron chi connectivity index (χ2n) is 7.45. The number of hydrogen-bond acceptors (Lipinski definition) is 1. The summed E-state index contributed by atoms with van der Waals surface area (Å²) in [6.07, 6.45) is 8.40. The van der Waals surface area contributed by atoms with Gasteiger partial charge in [0.1, 0.15) is 0 Å². The molecule has 3 rings (SSSR count). The van der Waals surface area contributed by atoms with Gasteiger partial charge in [0, 0.05) is 6.04 Å². The largest absolute Gasteiger partial charge is 0.313 e. The second kappa shape index (κ2) is 6.52. The van der Waals surface area contributed by atoms with Crippen molar-refractivity contribution < 1.29 is 0 Å². The maximum atomic E-state index is 3.88. The quantitative estimate of drug-likeness (QED) is 0.802. The lowest BCUT2D eigenvalue weighted by Gasteiger charge is -2.20. The van der Waals surface area contributed by atoms with Crippen molar-refractivity contribution in [1.82, 2.24) is 5.32 Å². The number of rotatable bonds is 6. The first-order valence-corrected chi connectivity index (χ1v) is 8.99. The van der Waals surface area contributed by atoms with E-state index in [1.807, 2.05) is 0 Å². The Hall–Kier alpha value is -0.820. The van der Waals surface area contributed by atoms with Gasteiger partial charge < -0.3 is 5.32 Å². The predicted molar refractivity (Wildman–Crippen MR) is 90.6 cm³/mol. The molecule has 0 amide bonds. The Labute approximate surface area is 130 Å². The molecule has 0 radical (unpaired) electrons. The van der Waals surface area contributed by atoms with Gasteiger partial charge >= 0.3 is 0 Å². The van der Waals surface area contributed by atoms with E-state index in [0.29, 0.717) is 6.04 Å². The van der Waals surface area contributed by atoms with Crippen molar-refractivity contribution in [2.75, 3.05) is 6.54 Å². The Kier molecular flexibility index (Phi) is 4.69. The van der Waals surface area contributed by atoms with Gasteiger partial charge in [-0.1, -0.05) is 49.1 Å². The molecule has 0 saturated heterocycles. The summed E-state index contributed by atoms with van der Waals surface area (Å²) < 4.78 is 0. The van der Waals surface area contributed by atoms with E-state index in [2.05, 4.69) is 44.3 Å². The van der Waals surface area contributed by atoms with E-state index >= 15 is 0 Å². The summed E-state index contributed by atoms with van der Waals surface area (Å²) in [4.78, 5) is 0. The topological polar surface area (TPSA) is 12.0 Å². The van der Waals surface area contributed by atoms with E-state index < -0.39 is 0 Å². The Bertz CT molecular complexity index is 446. The van der Waals surface area contributed by atoms with E-state index in [4.69, 9.17) is 0 Å². The minimum absolute atomic E-state index is 0.708. The van der Waals surface area contributed by atoms with Gasteiger partial charge in [0.05, 0.1) is 0 Å². The number of hydrogen-bond donors (Lipinski definition) is 1. The molecular weight excluding hydrogens is 254 g/mol. The van der Waals surface area contributed by atoms with Crippen molar-refractivity contribution in [1.29, 1.82) is 0 Å². The lowest BCUT2D eigenvalue weighted by atomic mass is 9.97. The van der Waals surface area contributed by atoms with Crippen LogP contribution in [0.2, 0.25) is 0 Å². The lowest BCUT2D eigenvalue weighted by Crippen LogP contribution is -2.35. The fourth-order valence-corrected chi connectivity index (χ4v) is 4.76. The van der Waals surface area contributed by atoms with Crippen LogP contribution >= 0.6 is 0 Å². The van der Waals surface area contributed by atoms with Gasteiger partial charge in [-0.3, -0.25) is 0 Å². The minimum Gasteiger partial charge on any atom is -0.313 e. The van der Waals surface area contributed by atoms with Crippen molar-refractivity contribution in [3.05, 3.63) is 34.9 Å². The van der Waals surface area contributed by atoms with Gasteiger partial charge in [-0.15, -0.1) is 0 Å². The molecule has 1 heteroatoms. The molecule has 0 bridgehead atoms. The Morgan fingerprint density at radius 1 is 1.05 bits per heavy atom. The molecule has 0 spiro atoms. The van der Waals surface area contributed by atoms with Crippen molar-refractivity contribution in [3.8, 4) is 0 Å². The molecule has 1 N–H and O–H groups in total. The summed E-state index contributed by atoms with van der Waals surface area (Å²) >= 11 is 0. The van der Waals surface area contributed by atoms with E-state index in [0.717, 1.165) is 17.8 Å². The number of aryl methyl sites for hydroxylation is 2. The molecule has 2 aliphatic carbocycles. The maximum Gasteiger partial charge on any atom is 0.0141 e. The zero-order valence-electron chi connectivity index (χ0n) is 14.0. The van der Waals surface area contributed by atoms with Crippen LogP contribution in [-0.4, -0.2) is 12.6 Å².